The van der Waals surface area contributed by atoms with E-state index in [9.17, 15) is 4.79 Å². The van der Waals surface area contributed by atoms with Gasteiger partial charge in [-0.1, -0.05) is 11.6 Å². The van der Waals surface area contributed by atoms with Gasteiger partial charge in [-0.05, 0) is 37.1 Å². The second-order valence-corrected chi connectivity index (χ2v) is 5.94. The van der Waals surface area contributed by atoms with Crippen LogP contribution in [0.25, 0.3) is 0 Å². The molecule has 1 atom stereocenters. The maximum atomic E-state index is 12.6. The molecule has 1 aromatic heterocycles. The second kappa shape index (κ2) is 7.28. The number of carbonyl (C=O) groups excluding carboxylic acids is 1. The van der Waals surface area contributed by atoms with Crippen molar-refractivity contribution in [3.63, 3.8) is 0 Å². The minimum atomic E-state index is -0.151. The Labute approximate surface area is 144 Å². The lowest BCUT2D eigenvalue weighted by atomic mass is 10.1. The Morgan fingerprint density at radius 1 is 1.29 bits per heavy atom. The standard InChI is InChI=1S/C17H15ClN4O2/c18-14-9-20-17(21-10-14)24-15-2-1-7-22(11-15)16(23)13-5-3-12(8-19)4-6-13/h3-6,9-10,15H,1-2,7,11H2/t15-/m0/s1. The normalized spacial score (nSPS) is 17.2. The first-order valence-corrected chi connectivity index (χ1v) is 7.97. The molecule has 0 spiro atoms. The molecule has 0 saturated carbocycles. The Hall–Kier alpha value is -2.65. The van der Waals surface area contributed by atoms with E-state index in [1.807, 2.05) is 6.07 Å². The van der Waals surface area contributed by atoms with Gasteiger partial charge >= 0.3 is 6.01 Å². The molecule has 0 radical (unpaired) electrons. The summed E-state index contributed by atoms with van der Waals surface area (Å²) in [7, 11) is 0. The number of carbonyl (C=O) groups is 1. The summed E-state index contributed by atoms with van der Waals surface area (Å²) in [6.07, 6.45) is 4.49. The van der Waals surface area contributed by atoms with E-state index in [0.717, 1.165) is 12.8 Å². The van der Waals surface area contributed by atoms with Crippen LogP contribution in [-0.4, -0.2) is 40.0 Å². The first-order chi connectivity index (χ1) is 11.7. The van der Waals surface area contributed by atoms with Gasteiger partial charge in [-0.15, -0.1) is 0 Å². The lowest BCUT2D eigenvalue weighted by molar-refractivity contribution is 0.0516. The van der Waals surface area contributed by atoms with E-state index in [-0.39, 0.29) is 18.0 Å². The Balaban J connectivity index is 1.65. The first kappa shape index (κ1) is 16.2. The molecule has 24 heavy (non-hydrogen) atoms. The van der Waals surface area contributed by atoms with Crippen LogP contribution in [0.1, 0.15) is 28.8 Å². The summed E-state index contributed by atoms with van der Waals surface area (Å²) in [6.45, 7) is 1.16. The van der Waals surface area contributed by atoms with E-state index < -0.39 is 0 Å². The zero-order chi connectivity index (χ0) is 16.9. The molecule has 0 bridgehead atoms. The average Bonchev–Trinajstić information content (AvgIpc) is 2.63. The van der Waals surface area contributed by atoms with E-state index in [1.165, 1.54) is 12.4 Å². The fourth-order valence-electron chi connectivity index (χ4n) is 2.60. The first-order valence-electron chi connectivity index (χ1n) is 7.59. The van der Waals surface area contributed by atoms with Gasteiger partial charge in [0.1, 0.15) is 6.10 Å². The zero-order valence-corrected chi connectivity index (χ0v) is 13.6. The number of nitriles is 1. The number of hydrogen-bond donors (Lipinski definition) is 0. The maximum Gasteiger partial charge on any atom is 0.316 e. The van der Waals surface area contributed by atoms with Gasteiger partial charge in [-0.2, -0.15) is 5.26 Å². The predicted octanol–water partition coefficient (Wildman–Crippen LogP) is 2.69. The van der Waals surface area contributed by atoms with E-state index in [2.05, 4.69) is 9.97 Å². The molecule has 1 aromatic carbocycles. The third-order valence-corrected chi connectivity index (χ3v) is 3.99. The fourth-order valence-corrected chi connectivity index (χ4v) is 2.70. The lowest BCUT2D eigenvalue weighted by Crippen LogP contribution is -2.44. The van der Waals surface area contributed by atoms with E-state index in [0.29, 0.717) is 29.2 Å². The number of benzene rings is 1. The molecule has 2 aromatic rings. The SMILES string of the molecule is N#Cc1ccc(C(=O)N2CCC[C@H](Oc3ncc(Cl)cn3)C2)cc1. The highest BCUT2D eigenvalue weighted by molar-refractivity contribution is 6.30. The number of likely N-dealkylation sites (tertiary alicyclic amines) is 1. The van der Waals surface area contributed by atoms with Crippen molar-refractivity contribution in [2.75, 3.05) is 13.1 Å². The summed E-state index contributed by atoms with van der Waals surface area (Å²) in [6, 6.07) is 8.94. The number of aromatic nitrogens is 2. The van der Waals surface area contributed by atoms with Gasteiger partial charge in [0.2, 0.25) is 0 Å². The number of ether oxygens (including phenoxy) is 1. The summed E-state index contributed by atoms with van der Waals surface area (Å²) >= 11 is 5.76. The summed E-state index contributed by atoms with van der Waals surface area (Å²) in [5.41, 5.74) is 1.10. The van der Waals surface area contributed by atoms with Gasteiger partial charge in [0.25, 0.3) is 5.91 Å². The monoisotopic (exact) mass is 342 g/mol. The van der Waals surface area contributed by atoms with Crippen molar-refractivity contribution in [2.45, 2.75) is 18.9 Å². The van der Waals surface area contributed by atoms with Gasteiger partial charge in [-0.25, -0.2) is 9.97 Å². The summed E-state index contributed by atoms with van der Waals surface area (Å²) in [4.78, 5) is 22.4. The van der Waals surface area contributed by atoms with Gasteiger partial charge in [0, 0.05) is 12.1 Å². The quantitative estimate of drug-likeness (QED) is 0.856. The van der Waals surface area contributed by atoms with Gasteiger partial charge < -0.3 is 9.64 Å². The molecule has 0 N–H and O–H groups in total. The number of amides is 1. The molecule has 1 amide bonds. The van der Waals surface area contributed by atoms with Crippen LogP contribution < -0.4 is 4.74 Å². The molecule has 6 nitrogen and oxygen atoms in total. The van der Waals surface area contributed by atoms with E-state index in [4.69, 9.17) is 21.6 Å². The van der Waals surface area contributed by atoms with Crippen molar-refractivity contribution in [1.82, 2.24) is 14.9 Å². The van der Waals surface area contributed by atoms with Crippen LogP contribution in [-0.2, 0) is 0 Å². The van der Waals surface area contributed by atoms with Crippen LogP contribution in [0.3, 0.4) is 0 Å². The number of hydrogen-bond acceptors (Lipinski definition) is 5. The van der Waals surface area contributed by atoms with Crippen molar-refractivity contribution in [3.05, 3.63) is 52.8 Å². The molecule has 0 unspecified atom stereocenters. The molecular formula is C17H15ClN4O2. The number of halogens is 1. The summed E-state index contributed by atoms with van der Waals surface area (Å²) < 4.78 is 5.75. The number of nitrogens with zero attached hydrogens (tertiary/aromatic N) is 4. The van der Waals surface area contributed by atoms with Crippen LogP contribution >= 0.6 is 11.6 Å². The molecule has 122 valence electrons. The Kier molecular flexibility index (Phi) is 4.92. The van der Waals surface area contributed by atoms with Crippen molar-refractivity contribution < 1.29 is 9.53 Å². The topological polar surface area (TPSA) is 79.1 Å². The molecule has 7 heteroatoms. The Morgan fingerprint density at radius 3 is 2.67 bits per heavy atom. The molecule has 1 saturated heterocycles. The minimum absolute atomic E-state index is 0.0650. The largest absolute Gasteiger partial charge is 0.458 e. The Bertz CT molecular complexity index is 756. The van der Waals surface area contributed by atoms with Crippen molar-refractivity contribution in [1.29, 1.82) is 5.26 Å². The predicted molar refractivity (Wildman–Crippen MR) is 87.8 cm³/mol. The van der Waals surface area contributed by atoms with Crippen LogP contribution in [0.4, 0.5) is 0 Å². The van der Waals surface area contributed by atoms with Crippen molar-refractivity contribution in [2.24, 2.45) is 0 Å². The summed E-state index contributed by atoms with van der Waals surface area (Å²) in [5.74, 6) is -0.0650. The highest BCUT2D eigenvalue weighted by atomic mass is 35.5. The van der Waals surface area contributed by atoms with Crippen molar-refractivity contribution >= 4 is 17.5 Å². The molecular weight excluding hydrogens is 328 g/mol. The second-order valence-electron chi connectivity index (χ2n) is 5.51. The molecule has 2 heterocycles. The Morgan fingerprint density at radius 2 is 2.00 bits per heavy atom. The smallest absolute Gasteiger partial charge is 0.316 e. The van der Waals surface area contributed by atoms with Crippen molar-refractivity contribution in [3.8, 4) is 12.1 Å². The fraction of sp³-hybridized carbons (Fsp3) is 0.294. The van der Waals surface area contributed by atoms with Crippen LogP contribution in [0.2, 0.25) is 5.02 Å². The van der Waals surface area contributed by atoms with Crippen LogP contribution in [0.5, 0.6) is 6.01 Å². The molecule has 0 aliphatic carbocycles. The number of piperidine rings is 1. The highest BCUT2D eigenvalue weighted by Crippen LogP contribution is 2.18. The van der Waals surface area contributed by atoms with E-state index in [1.54, 1.807) is 29.2 Å². The number of rotatable bonds is 3. The highest BCUT2D eigenvalue weighted by Gasteiger charge is 2.26. The third kappa shape index (κ3) is 3.81. The van der Waals surface area contributed by atoms with Gasteiger partial charge in [-0.3, -0.25) is 4.79 Å². The third-order valence-electron chi connectivity index (χ3n) is 3.80. The lowest BCUT2D eigenvalue weighted by Gasteiger charge is -2.32. The van der Waals surface area contributed by atoms with Gasteiger partial charge in [0.15, 0.2) is 0 Å². The molecule has 1 aliphatic heterocycles. The average molecular weight is 343 g/mol. The summed E-state index contributed by atoms with van der Waals surface area (Å²) in [5, 5.41) is 9.27. The van der Waals surface area contributed by atoms with Crippen LogP contribution in [0.15, 0.2) is 36.7 Å². The molecule has 3 rings (SSSR count). The van der Waals surface area contributed by atoms with E-state index >= 15 is 0 Å². The maximum absolute atomic E-state index is 12.6. The molecule has 1 aliphatic rings. The minimum Gasteiger partial charge on any atom is -0.458 e. The van der Waals surface area contributed by atoms with Crippen LogP contribution in [0, 0.1) is 11.3 Å². The van der Waals surface area contributed by atoms with Gasteiger partial charge in [0.05, 0.1) is 35.6 Å². The zero-order valence-electron chi connectivity index (χ0n) is 12.9. The molecule has 1 fully saturated rings.